The summed E-state index contributed by atoms with van der Waals surface area (Å²) in [6, 6.07) is 5.83. The maximum atomic E-state index is 11.8. The number of alkyl halides is 2. The zero-order chi connectivity index (χ0) is 12.7. The summed E-state index contributed by atoms with van der Waals surface area (Å²) in [5.74, 6) is 4.94. The molecule has 0 bridgehead atoms. The predicted molar refractivity (Wildman–Crippen MR) is 56.6 cm³/mol. The maximum absolute atomic E-state index is 11.8. The van der Waals surface area contributed by atoms with Crippen molar-refractivity contribution in [2.24, 2.45) is 0 Å². The van der Waals surface area contributed by atoms with E-state index in [0.717, 1.165) is 0 Å². The topological polar surface area (TPSA) is 35.5 Å². The largest absolute Gasteiger partial charge is 0.468 e. The molecule has 0 heterocycles. The zero-order valence-corrected chi connectivity index (χ0v) is 9.07. The second-order valence-corrected chi connectivity index (χ2v) is 2.96. The summed E-state index contributed by atoms with van der Waals surface area (Å²) in [4.78, 5) is 10.7. The lowest BCUT2D eigenvalue weighted by Crippen LogP contribution is -2.01. The van der Waals surface area contributed by atoms with Crippen LogP contribution in [0.15, 0.2) is 24.3 Å². The molecule has 1 rings (SSSR count). The number of esters is 1. The van der Waals surface area contributed by atoms with Crippen molar-refractivity contribution >= 4 is 5.97 Å². The number of hydrogen-bond donors (Lipinski definition) is 0. The molecule has 0 aliphatic heterocycles. The highest BCUT2D eigenvalue weighted by atomic mass is 19.3. The van der Waals surface area contributed by atoms with E-state index in [0.29, 0.717) is 5.56 Å². The minimum absolute atomic E-state index is 0.00815. The average molecular weight is 240 g/mol. The highest BCUT2D eigenvalue weighted by Gasteiger charge is 2.02. The van der Waals surface area contributed by atoms with Gasteiger partial charge in [0.05, 0.1) is 7.11 Å². The Morgan fingerprint density at radius 3 is 2.53 bits per heavy atom. The van der Waals surface area contributed by atoms with E-state index in [1.54, 1.807) is 0 Å². The van der Waals surface area contributed by atoms with E-state index >= 15 is 0 Å². The van der Waals surface area contributed by atoms with Crippen LogP contribution in [0.3, 0.4) is 0 Å². The Labute approximate surface area is 97.3 Å². The van der Waals surface area contributed by atoms with Crippen molar-refractivity contribution in [3.8, 4) is 17.6 Å². The SMILES string of the molecule is COC(=O)CC#Cc1ccc(OC(F)F)cc1. The van der Waals surface area contributed by atoms with E-state index in [-0.39, 0.29) is 12.2 Å². The Morgan fingerprint density at radius 1 is 1.35 bits per heavy atom. The number of hydrogen-bond acceptors (Lipinski definition) is 3. The molecule has 0 aliphatic rings. The summed E-state index contributed by atoms with van der Waals surface area (Å²) in [6.45, 7) is -2.84. The van der Waals surface area contributed by atoms with Gasteiger partial charge in [-0.3, -0.25) is 4.79 Å². The average Bonchev–Trinajstić information content (AvgIpc) is 2.30. The maximum Gasteiger partial charge on any atom is 0.387 e. The standard InChI is InChI=1S/C12H10F2O3/c1-16-11(15)4-2-3-9-5-7-10(8-6-9)17-12(13)14/h5-8,12H,4H2,1H3. The molecule has 0 saturated carbocycles. The Morgan fingerprint density at radius 2 is 2.00 bits per heavy atom. The summed E-state index contributed by atoms with van der Waals surface area (Å²) in [5.41, 5.74) is 0.607. The first-order valence-corrected chi connectivity index (χ1v) is 4.72. The number of carbonyl (C=O) groups excluding carboxylic acids is 1. The molecule has 90 valence electrons. The molecule has 17 heavy (non-hydrogen) atoms. The van der Waals surface area contributed by atoms with E-state index < -0.39 is 12.6 Å². The van der Waals surface area contributed by atoms with Crippen molar-refractivity contribution in [2.75, 3.05) is 7.11 Å². The number of ether oxygens (including phenoxy) is 2. The normalized spacial score (nSPS) is 9.41. The molecule has 0 aliphatic carbocycles. The van der Waals surface area contributed by atoms with E-state index in [2.05, 4.69) is 21.3 Å². The quantitative estimate of drug-likeness (QED) is 0.600. The van der Waals surface area contributed by atoms with Crippen molar-refractivity contribution in [3.05, 3.63) is 29.8 Å². The van der Waals surface area contributed by atoms with Crippen molar-refractivity contribution < 1.29 is 23.0 Å². The fourth-order valence-electron chi connectivity index (χ4n) is 1.01. The molecule has 5 heteroatoms. The van der Waals surface area contributed by atoms with E-state index in [1.807, 2.05) is 0 Å². The van der Waals surface area contributed by atoms with Crippen molar-refractivity contribution in [3.63, 3.8) is 0 Å². The van der Waals surface area contributed by atoms with Crippen LogP contribution >= 0.6 is 0 Å². The molecule has 0 atom stereocenters. The number of halogens is 2. The fourth-order valence-corrected chi connectivity index (χ4v) is 1.01. The predicted octanol–water partition coefficient (Wildman–Crippen LogP) is 2.20. The van der Waals surface area contributed by atoms with Crippen LogP contribution in [0.1, 0.15) is 12.0 Å². The minimum Gasteiger partial charge on any atom is -0.468 e. The van der Waals surface area contributed by atoms with Gasteiger partial charge in [-0.25, -0.2) is 0 Å². The van der Waals surface area contributed by atoms with E-state index in [1.165, 1.54) is 31.4 Å². The lowest BCUT2D eigenvalue weighted by Gasteiger charge is -2.02. The van der Waals surface area contributed by atoms with Crippen LogP contribution < -0.4 is 4.74 Å². The first-order valence-electron chi connectivity index (χ1n) is 4.72. The summed E-state index contributed by atoms with van der Waals surface area (Å²) in [5, 5.41) is 0. The molecule has 1 aromatic rings. The summed E-state index contributed by atoms with van der Waals surface area (Å²) in [7, 11) is 1.28. The smallest absolute Gasteiger partial charge is 0.387 e. The van der Waals surface area contributed by atoms with Crippen LogP contribution in [-0.4, -0.2) is 19.7 Å². The molecule has 0 aromatic heterocycles. The van der Waals surface area contributed by atoms with Gasteiger partial charge in [0.25, 0.3) is 0 Å². The third-order valence-electron chi connectivity index (χ3n) is 1.77. The Bertz CT molecular complexity index is 429. The summed E-state index contributed by atoms with van der Waals surface area (Å²) in [6.07, 6.45) is -0.00815. The van der Waals surface area contributed by atoms with Crippen LogP contribution in [0, 0.1) is 11.8 Å². The van der Waals surface area contributed by atoms with Gasteiger partial charge >= 0.3 is 12.6 Å². The first kappa shape index (κ1) is 13.0. The van der Waals surface area contributed by atoms with Gasteiger partial charge in [0, 0.05) is 5.56 Å². The number of rotatable bonds is 3. The van der Waals surface area contributed by atoms with Crippen LogP contribution in [0.5, 0.6) is 5.75 Å². The van der Waals surface area contributed by atoms with Gasteiger partial charge in [0.15, 0.2) is 0 Å². The van der Waals surface area contributed by atoms with Crippen molar-refractivity contribution in [2.45, 2.75) is 13.0 Å². The number of carbonyl (C=O) groups is 1. The molecule has 0 saturated heterocycles. The molecule has 0 radical (unpaired) electrons. The Balaban J connectivity index is 2.59. The second-order valence-electron chi connectivity index (χ2n) is 2.96. The molecule has 0 amide bonds. The number of methoxy groups -OCH3 is 1. The first-order chi connectivity index (χ1) is 8.11. The van der Waals surface area contributed by atoms with Gasteiger partial charge < -0.3 is 9.47 Å². The molecule has 3 nitrogen and oxygen atoms in total. The van der Waals surface area contributed by atoms with Gasteiger partial charge in [-0.05, 0) is 24.3 Å². The fraction of sp³-hybridized carbons (Fsp3) is 0.250. The van der Waals surface area contributed by atoms with Gasteiger partial charge in [0.2, 0.25) is 0 Å². The van der Waals surface area contributed by atoms with E-state index in [4.69, 9.17) is 0 Å². The lowest BCUT2D eigenvalue weighted by molar-refractivity contribution is -0.139. The lowest BCUT2D eigenvalue weighted by atomic mass is 10.2. The zero-order valence-electron chi connectivity index (χ0n) is 9.07. The van der Waals surface area contributed by atoms with Crippen LogP contribution in [0.2, 0.25) is 0 Å². The monoisotopic (exact) mass is 240 g/mol. The number of benzene rings is 1. The van der Waals surface area contributed by atoms with Crippen molar-refractivity contribution in [1.82, 2.24) is 0 Å². The van der Waals surface area contributed by atoms with Crippen LogP contribution in [0.4, 0.5) is 8.78 Å². The molecule has 0 N–H and O–H groups in total. The Hall–Kier alpha value is -2.09. The summed E-state index contributed by atoms with van der Waals surface area (Å²) >= 11 is 0. The van der Waals surface area contributed by atoms with E-state index in [9.17, 15) is 13.6 Å². The molecule has 1 aromatic carbocycles. The minimum atomic E-state index is -2.84. The highest BCUT2D eigenvalue weighted by Crippen LogP contribution is 2.14. The highest BCUT2D eigenvalue weighted by molar-refractivity contribution is 5.72. The molecule has 0 unspecified atom stereocenters. The van der Waals surface area contributed by atoms with Crippen LogP contribution in [-0.2, 0) is 9.53 Å². The Kier molecular flexibility index (Phi) is 4.95. The van der Waals surface area contributed by atoms with Gasteiger partial charge in [-0.2, -0.15) is 8.78 Å². The van der Waals surface area contributed by atoms with Gasteiger partial charge in [-0.15, -0.1) is 0 Å². The summed E-state index contributed by atoms with van der Waals surface area (Å²) < 4.78 is 32.3. The van der Waals surface area contributed by atoms with Crippen molar-refractivity contribution in [1.29, 1.82) is 0 Å². The molecular weight excluding hydrogens is 230 g/mol. The third kappa shape index (κ3) is 4.98. The van der Waals surface area contributed by atoms with Crippen LogP contribution in [0.25, 0.3) is 0 Å². The van der Waals surface area contributed by atoms with Gasteiger partial charge in [-0.1, -0.05) is 11.8 Å². The van der Waals surface area contributed by atoms with Gasteiger partial charge in [0.1, 0.15) is 12.2 Å². The molecular formula is C12H10F2O3. The third-order valence-corrected chi connectivity index (χ3v) is 1.77. The molecule has 0 fully saturated rings. The second kappa shape index (κ2) is 6.48. The molecule has 0 spiro atoms.